The molecule has 2 rings (SSSR count). The Morgan fingerprint density at radius 2 is 1.81 bits per heavy atom. The lowest BCUT2D eigenvalue weighted by Gasteiger charge is -2.43. The monoisotopic (exact) mass is 228 g/mol. The van der Waals surface area contributed by atoms with Crippen molar-refractivity contribution >= 4 is 6.41 Å². The van der Waals surface area contributed by atoms with Gasteiger partial charge in [-0.3, -0.25) is 4.79 Å². The maximum absolute atomic E-state index is 14.7. The standard InChI is InChI=1S/C12H21FN2O/c13-12(6-8-14-9-7-12)15(10-16)11-4-2-1-3-5-11/h10-11,14H,1-9H2. The average molecular weight is 228 g/mol. The van der Waals surface area contributed by atoms with Crippen LogP contribution in [0, 0.1) is 0 Å². The molecule has 4 heteroatoms. The van der Waals surface area contributed by atoms with E-state index in [0.29, 0.717) is 25.9 Å². The van der Waals surface area contributed by atoms with E-state index in [4.69, 9.17) is 0 Å². The minimum atomic E-state index is -1.39. The predicted molar refractivity (Wildman–Crippen MR) is 60.7 cm³/mol. The summed E-state index contributed by atoms with van der Waals surface area (Å²) in [6.07, 6.45) is 7.03. The van der Waals surface area contributed by atoms with Gasteiger partial charge in [-0.25, -0.2) is 4.39 Å². The highest BCUT2D eigenvalue weighted by Crippen LogP contribution is 2.33. The summed E-state index contributed by atoms with van der Waals surface area (Å²) in [6, 6.07) is 0.134. The summed E-state index contributed by atoms with van der Waals surface area (Å²) in [5.41, 5.74) is 0. The van der Waals surface area contributed by atoms with Crippen LogP contribution in [0.3, 0.4) is 0 Å². The zero-order chi connectivity index (χ0) is 11.4. The van der Waals surface area contributed by atoms with Crippen LogP contribution in [0.5, 0.6) is 0 Å². The molecule has 1 aliphatic heterocycles. The summed E-state index contributed by atoms with van der Waals surface area (Å²) < 4.78 is 14.7. The number of piperidine rings is 1. The lowest BCUT2D eigenvalue weighted by Crippen LogP contribution is -2.55. The SMILES string of the molecule is O=CN(C1CCCCC1)C1(F)CCNCC1. The molecular formula is C12H21FN2O. The van der Waals surface area contributed by atoms with Gasteiger partial charge < -0.3 is 10.2 Å². The molecule has 0 aromatic carbocycles. The first-order chi connectivity index (χ1) is 7.76. The topological polar surface area (TPSA) is 32.3 Å². The fourth-order valence-electron chi connectivity index (χ4n) is 2.93. The number of halogens is 1. The van der Waals surface area contributed by atoms with Gasteiger partial charge in [0.15, 0.2) is 5.79 Å². The van der Waals surface area contributed by atoms with Crippen molar-refractivity contribution in [2.75, 3.05) is 13.1 Å². The first-order valence-corrected chi connectivity index (χ1v) is 6.40. The van der Waals surface area contributed by atoms with E-state index in [1.165, 1.54) is 11.3 Å². The van der Waals surface area contributed by atoms with Crippen LogP contribution in [0.25, 0.3) is 0 Å². The fraction of sp³-hybridized carbons (Fsp3) is 0.917. The smallest absolute Gasteiger partial charge is 0.212 e. The van der Waals surface area contributed by atoms with Gasteiger partial charge in [-0.15, -0.1) is 0 Å². The third kappa shape index (κ3) is 2.37. The van der Waals surface area contributed by atoms with Crippen molar-refractivity contribution in [2.24, 2.45) is 0 Å². The number of carbonyl (C=O) groups is 1. The lowest BCUT2D eigenvalue weighted by molar-refractivity contribution is -0.143. The third-order valence-corrected chi connectivity index (χ3v) is 3.91. The highest BCUT2D eigenvalue weighted by molar-refractivity contribution is 5.49. The summed E-state index contributed by atoms with van der Waals surface area (Å²) in [4.78, 5) is 12.7. The molecule has 1 saturated heterocycles. The van der Waals surface area contributed by atoms with E-state index in [1.54, 1.807) is 0 Å². The third-order valence-electron chi connectivity index (χ3n) is 3.91. The van der Waals surface area contributed by atoms with E-state index < -0.39 is 5.79 Å². The number of rotatable bonds is 3. The molecule has 0 bridgehead atoms. The molecule has 1 N–H and O–H groups in total. The molecule has 1 saturated carbocycles. The van der Waals surface area contributed by atoms with Crippen molar-refractivity contribution in [3.8, 4) is 0 Å². The number of alkyl halides is 1. The zero-order valence-electron chi connectivity index (χ0n) is 9.75. The number of nitrogens with zero attached hydrogens (tertiary/aromatic N) is 1. The van der Waals surface area contributed by atoms with E-state index in [9.17, 15) is 9.18 Å². The van der Waals surface area contributed by atoms with Crippen molar-refractivity contribution in [3.05, 3.63) is 0 Å². The van der Waals surface area contributed by atoms with E-state index in [1.807, 2.05) is 0 Å². The number of hydrogen-bond donors (Lipinski definition) is 1. The molecule has 2 fully saturated rings. The Hall–Kier alpha value is -0.640. The Labute approximate surface area is 96.4 Å². The van der Waals surface area contributed by atoms with E-state index in [-0.39, 0.29) is 6.04 Å². The summed E-state index contributed by atoms with van der Waals surface area (Å²) in [5.74, 6) is -1.39. The Morgan fingerprint density at radius 1 is 1.19 bits per heavy atom. The minimum Gasteiger partial charge on any atom is -0.316 e. The van der Waals surface area contributed by atoms with Gasteiger partial charge in [0.2, 0.25) is 6.41 Å². The Morgan fingerprint density at radius 3 is 2.38 bits per heavy atom. The van der Waals surface area contributed by atoms with E-state index >= 15 is 0 Å². The van der Waals surface area contributed by atoms with E-state index in [2.05, 4.69) is 5.32 Å². The fourth-order valence-corrected chi connectivity index (χ4v) is 2.93. The summed E-state index contributed by atoms with van der Waals surface area (Å²) in [7, 11) is 0. The molecule has 92 valence electrons. The van der Waals surface area contributed by atoms with Crippen LogP contribution in [0.1, 0.15) is 44.9 Å². The molecule has 0 spiro atoms. The zero-order valence-corrected chi connectivity index (χ0v) is 9.75. The average Bonchev–Trinajstić information content (AvgIpc) is 2.32. The van der Waals surface area contributed by atoms with Crippen LogP contribution in [0.2, 0.25) is 0 Å². The molecule has 1 heterocycles. The van der Waals surface area contributed by atoms with Gasteiger partial charge in [0, 0.05) is 32.0 Å². The van der Waals surface area contributed by atoms with Gasteiger partial charge in [0.05, 0.1) is 0 Å². The summed E-state index contributed by atoms with van der Waals surface area (Å²) in [6.45, 7) is 1.35. The van der Waals surface area contributed by atoms with Crippen molar-refractivity contribution < 1.29 is 9.18 Å². The normalized spacial score (nSPS) is 26.3. The maximum atomic E-state index is 14.7. The van der Waals surface area contributed by atoms with Crippen LogP contribution in [0.4, 0.5) is 4.39 Å². The van der Waals surface area contributed by atoms with Gasteiger partial charge in [-0.1, -0.05) is 19.3 Å². The quantitative estimate of drug-likeness (QED) is 0.590. The van der Waals surface area contributed by atoms with Crippen LogP contribution >= 0.6 is 0 Å². The molecule has 1 aliphatic carbocycles. The molecule has 0 aromatic heterocycles. The van der Waals surface area contributed by atoms with Crippen molar-refractivity contribution in [3.63, 3.8) is 0 Å². The van der Waals surface area contributed by atoms with Crippen LogP contribution in [-0.2, 0) is 4.79 Å². The van der Waals surface area contributed by atoms with Crippen molar-refractivity contribution in [1.82, 2.24) is 10.2 Å². The number of carbonyl (C=O) groups excluding carboxylic acids is 1. The number of nitrogens with one attached hydrogen (secondary N) is 1. The summed E-state index contributed by atoms with van der Waals surface area (Å²) in [5, 5.41) is 3.14. The number of amides is 1. The van der Waals surface area contributed by atoms with Gasteiger partial charge in [-0.05, 0) is 12.8 Å². The second kappa shape index (κ2) is 5.13. The second-order valence-corrected chi connectivity index (χ2v) is 4.97. The van der Waals surface area contributed by atoms with Crippen LogP contribution in [-0.4, -0.2) is 36.2 Å². The van der Waals surface area contributed by atoms with Gasteiger partial charge in [0.25, 0.3) is 0 Å². The molecule has 16 heavy (non-hydrogen) atoms. The highest BCUT2D eigenvalue weighted by Gasteiger charge is 2.41. The predicted octanol–water partition coefficient (Wildman–Crippen LogP) is 1.83. The lowest BCUT2D eigenvalue weighted by atomic mass is 9.91. The summed E-state index contributed by atoms with van der Waals surface area (Å²) >= 11 is 0. The molecule has 2 aliphatic rings. The largest absolute Gasteiger partial charge is 0.316 e. The van der Waals surface area contributed by atoms with Crippen molar-refractivity contribution in [1.29, 1.82) is 0 Å². The molecule has 0 unspecified atom stereocenters. The Bertz CT molecular complexity index is 235. The van der Waals surface area contributed by atoms with Crippen LogP contribution in [0.15, 0.2) is 0 Å². The number of hydrogen-bond acceptors (Lipinski definition) is 2. The first-order valence-electron chi connectivity index (χ1n) is 6.40. The van der Waals surface area contributed by atoms with E-state index in [0.717, 1.165) is 32.1 Å². The second-order valence-electron chi connectivity index (χ2n) is 4.97. The minimum absolute atomic E-state index is 0.134. The van der Waals surface area contributed by atoms with Crippen molar-refractivity contribution in [2.45, 2.75) is 56.8 Å². The maximum Gasteiger partial charge on any atom is 0.212 e. The Balaban J connectivity index is 2.04. The Kier molecular flexibility index (Phi) is 3.79. The van der Waals surface area contributed by atoms with Gasteiger partial charge in [-0.2, -0.15) is 0 Å². The molecule has 0 aromatic rings. The first kappa shape index (κ1) is 11.8. The molecular weight excluding hydrogens is 207 g/mol. The molecule has 3 nitrogen and oxygen atoms in total. The van der Waals surface area contributed by atoms with Gasteiger partial charge >= 0.3 is 0 Å². The molecule has 1 amide bonds. The molecule has 0 atom stereocenters. The van der Waals surface area contributed by atoms with Gasteiger partial charge in [0.1, 0.15) is 0 Å². The highest BCUT2D eigenvalue weighted by atomic mass is 19.1. The van der Waals surface area contributed by atoms with Crippen LogP contribution < -0.4 is 5.32 Å². The molecule has 0 radical (unpaired) electrons.